The van der Waals surface area contributed by atoms with Gasteiger partial charge in [0, 0.05) is 11.5 Å². The zero-order valence-corrected chi connectivity index (χ0v) is 15.8. The van der Waals surface area contributed by atoms with Gasteiger partial charge < -0.3 is 15.4 Å². The zero-order valence-electron chi connectivity index (χ0n) is 15.8. The van der Waals surface area contributed by atoms with E-state index in [0.717, 1.165) is 6.42 Å². The van der Waals surface area contributed by atoms with E-state index >= 15 is 0 Å². The van der Waals surface area contributed by atoms with E-state index in [1.54, 1.807) is 18.2 Å². The molecule has 0 fully saturated rings. The fraction of sp³-hybridized carbons (Fsp3) is 0.579. The van der Waals surface area contributed by atoms with Crippen LogP contribution in [0.15, 0.2) is 18.2 Å². The number of hydrogen-bond donors (Lipinski definition) is 2. The summed E-state index contributed by atoms with van der Waals surface area (Å²) in [4.78, 5) is 25.1. The van der Waals surface area contributed by atoms with Crippen molar-refractivity contribution in [1.29, 1.82) is 0 Å². The lowest BCUT2D eigenvalue weighted by molar-refractivity contribution is -0.123. The Kier molecular flexibility index (Phi) is 6.81. The van der Waals surface area contributed by atoms with E-state index in [2.05, 4.69) is 24.5 Å². The third-order valence-electron chi connectivity index (χ3n) is 4.26. The maximum absolute atomic E-state index is 12.8. The van der Waals surface area contributed by atoms with Gasteiger partial charge in [0.1, 0.15) is 11.3 Å². The predicted molar refractivity (Wildman–Crippen MR) is 97.5 cm³/mol. The normalized spacial score (nSPS) is 13.8. The van der Waals surface area contributed by atoms with Crippen LogP contribution in [0.3, 0.4) is 0 Å². The maximum Gasteiger partial charge on any atom is 0.257 e. The number of anilines is 1. The van der Waals surface area contributed by atoms with Gasteiger partial charge in [0.05, 0.1) is 12.8 Å². The molecule has 0 radical (unpaired) electrons. The molecule has 134 valence electrons. The Morgan fingerprint density at radius 3 is 2.33 bits per heavy atom. The third-order valence-corrected chi connectivity index (χ3v) is 4.26. The van der Waals surface area contributed by atoms with Gasteiger partial charge >= 0.3 is 0 Å². The number of carbonyl (C=O) groups excluding carboxylic acids is 2. The Hall–Kier alpha value is -2.04. The fourth-order valence-corrected chi connectivity index (χ4v) is 2.12. The van der Waals surface area contributed by atoms with Gasteiger partial charge in [-0.05, 0) is 25.0 Å². The van der Waals surface area contributed by atoms with Crippen LogP contribution in [-0.2, 0) is 4.79 Å². The molecule has 0 aliphatic rings. The zero-order chi connectivity index (χ0) is 18.5. The van der Waals surface area contributed by atoms with Crippen molar-refractivity contribution in [3.05, 3.63) is 23.8 Å². The minimum atomic E-state index is -0.555. The molecular weight excluding hydrogens is 304 g/mol. The molecule has 1 rings (SSSR count). The molecule has 5 heteroatoms. The Bertz CT molecular complexity index is 591. The van der Waals surface area contributed by atoms with Crippen molar-refractivity contribution in [2.75, 3.05) is 12.4 Å². The molecule has 1 aromatic rings. The highest BCUT2D eigenvalue weighted by Crippen LogP contribution is 2.28. The SMILES string of the molecule is CCC(C)C(C)NC(=O)c1c(NC(=O)C(C)(C)C)cccc1OC. The standard InChI is InChI=1S/C19H30N2O3/c1-8-12(2)13(3)20-17(22)16-14(10-9-11-15(16)24-7)21-18(23)19(4,5)6/h9-13H,8H2,1-7H3,(H,20,22)(H,21,23). The Morgan fingerprint density at radius 2 is 1.83 bits per heavy atom. The molecule has 2 N–H and O–H groups in total. The van der Waals surface area contributed by atoms with E-state index in [0.29, 0.717) is 22.9 Å². The van der Waals surface area contributed by atoms with Gasteiger partial charge in [0.2, 0.25) is 5.91 Å². The molecule has 2 unspecified atom stereocenters. The van der Waals surface area contributed by atoms with E-state index in [4.69, 9.17) is 4.74 Å². The van der Waals surface area contributed by atoms with Crippen LogP contribution in [0, 0.1) is 11.3 Å². The molecule has 0 aliphatic heterocycles. The second kappa shape index (κ2) is 8.18. The second-order valence-electron chi connectivity index (χ2n) is 7.23. The molecular formula is C19H30N2O3. The molecule has 0 saturated heterocycles. The van der Waals surface area contributed by atoms with E-state index in [1.165, 1.54) is 7.11 Å². The number of ether oxygens (including phenoxy) is 1. The molecule has 0 aromatic heterocycles. The molecule has 1 aromatic carbocycles. The van der Waals surface area contributed by atoms with Crippen LogP contribution in [0.2, 0.25) is 0 Å². The van der Waals surface area contributed by atoms with Gasteiger partial charge in [0.15, 0.2) is 0 Å². The van der Waals surface area contributed by atoms with E-state index < -0.39 is 5.41 Å². The molecule has 5 nitrogen and oxygen atoms in total. The Morgan fingerprint density at radius 1 is 1.21 bits per heavy atom. The van der Waals surface area contributed by atoms with Crippen LogP contribution < -0.4 is 15.4 Å². The van der Waals surface area contributed by atoms with Crippen LogP contribution in [0.25, 0.3) is 0 Å². The lowest BCUT2D eigenvalue weighted by Gasteiger charge is -2.23. The molecule has 0 aliphatic carbocycles. The molecule has 0 heterocycles. The first kappa shape index (κ1) is 20.0. The van der Waals surface area contributed by atoms with Gasteiger partial charge in [0.25, 0.3) is 5.91 Å². The van der Waals surface area contributed by atoms with Gasteiger partial charge in [-0.2, -0.15) is 0 Å². The smallest absolute Gasteiger partial charge is 0.257 e. The molecule has 0 saturated carbocycles. The van der Waals surface area contributed by atoms with Crippen LogP contribution in [-0.4, -0.2) is 25.0 Å². The number of carbonyl (C=O) groups is 2. The van der Waals surface area contributed by atoms with Crippen LogP contribution >= 0.6 is 0 Å². The summed E-state index contributed by atoms with van der Waals surface area (Å²) in [7, 11) is 1.51. The van der Waals surface area contributed by atoms with Gasteiger partial charge in [-0.25, -0.2) is 0 Å². The summed E-state index contributed by atoms with van der Waals surface area (Å²) >= 11 is 0. The number of methoxy groups -OCH3 is 1. The van der Waals surface area contributed by atoms with Crippen molar-refractivity contribution in [3.63, 3.8) is 0 Å². The van der Waals surface area contributed by atoms with Gasteiger partial charge in [-0.1, -0.05) is 47.1 Å². The minimum absolute atomic E-state index is 0.0265. The number of nitrogens with one attached hydrogen (secondary N) is 2. The van der Waals surface area contributed by atoms with Crippen molar-refractivity contribution in [2.45, 2.75) is 54.0 Å². The maximum atomic E-state index is 12.8. The summed E-state index contributed by atoms with van der Waals surface area (Å²) in [5.41, 5.74) is 0.261. The quantitative estimate of drug-likeness (QED) is 0.830. The van der Waals surface area contributed by atoms with Crippen molar-refractivity contribution >= 4 is 17.5 Å². The average Bonchev–Trinajstić information content (AvgIpc) is 2.52. The number of benzene rings is 1. The van der Waals surface area contributed by atoms with Gasteiger partial charge in [-0.3, -0.25) is 9.59 Å². The summed E-state index contributed by atoms with van der Waals surface area (Å²) in [6.07, 6.45) is 0.973. The van der Waals surface area contributed by atoms with Crippen molar-refractivity contribution in [1.82, 2.24) is 5.32 Å². The highest BCUT2D eigenvalue weighted by molar-refractivity contribution is 6.06. The number of hydrogen-bond acceptors (Lipinski definition) is 3. The summed E-state index contributed by atoms with van der Waals surface area (Å²) in [6, 6.07) is 5.22. The Balaban J connectivity index is 3.15. The van der Waals surface area contributed by atoms with Crippen molar-refractivity contribution < 1.29 is 14.3 Å². The topological polar surface area (TPSA) is 67.4 Å². The molecule has 24 heavy (non-hydrogen) atoms. The highest BCUT2D eigenvalue weighted by Gasteiger charge is 2.25. The molecule has 2 amide bonds. The summed E-state index contributed by atoms with van der Waals surface area (Å²) in [5.74, 6) is 0.399. The largest absolute Gasteiger partial charge is 0.496 e. The van der Waals surface area contributed by atoms with Crippen molar-refractivity contribution in [2.24, 2.45) is 11.3 Å². The highest BCUT2D eigenvalue weighted by atomic mass is 16.5. The molecule has 0 bridgehead atoms. The fourth-order valence-electron chi connectivity index (χ4n) is 2.12. The predicted octanol–water partition coefficient (Wildman–Crippen LogP) is 3.84. The van der Waals surface area contributed by atoms with Crippen molar-refractivity contribution in [3.8, 4) is 5.75 Å². The first-order valence-corrected chi connectivity index (χ1v) is 8.41. The number of amides is 2. The molecule has 2 atom stereocenters. The van der Waals surface area contributed by atoms with E-state index in [9.17, 15) is 9.59 Å². The lowest BCUT2D eigenvalue weighted by Crippen LogP contribution is -2.38. The minimum Gasteiger partial charge on any atom is -0.496 e. The van der Waals surface area contributed by atoms with Gasteiger partial charge in [-0.15, -0.1) is 0 Å². The van der Waals surface area contributed by atoms with E-state index in [-0.39, 0.29) is 17.9 Å². The van der Waals surface area contributed by atoms with Crippen LogP contribution in [0.1, 0.15) is 58.3 Å². The first-order chi connectivity index (χ1) is 11.1. The number of rotatable bonds is 6. The monoisotopic (exact) mass is 334 g/mol. The summed E-state index contributed by atoms with van der Waals surface area (Å²) in [5, 5.41) is 5.85. The van der Waals surface area contributed by atoms with Crippen LogP contribution in [0.5, 0.6) is 5.75 Å². The lowest BCUT2D eigenvalue weighted by atomic mass is 9.95. The average molecular weight is 334 g/mol. The summed E-state index contributed by atoms with van der Waals surface area (Å²) in [6.45, 7) is 11.6. The van der Waals surface area contributed by atoms with E-state index in [1.807, 2.05) is 27.7 Å². The summed E-state index contributed by atoms with van der Waals surface area (Å²) < 4.78 is 5.33. The second-order valence-corrected chi connectivity index (χ2v) is 7.23. The Labute approximate surface area is 145 Å². The first-order valence-electron chi connectivity index (χ1n) is 8.41. The molecule has 0 spiro atoms. The van der Waals surface area contributed by atoms with Crippen LogP contribution in [0.4, 0.5) is 5.69 Å². The third kappa shape index (κ3) is 4.98.